The highest BCUT2D eigenvalue weighted by atomic mass is 16.4. The molecule has 1 aliphatic heterocycles. The van der Waals surface area contributed by atoms with E-state index in [9.17, 15) is 0 Å². The highest BCUT2D eigenvalue weighted by molar-refractivity contribution is 4.84. The van der Waals surface area contributed by atoms with E-state index in [0.29, 0.717) is 6.04 Å². The Balaban J connectivity index is 1.96. The number of aryl methyl sites for hydroxylation is 1. The van der Waals surface area contributed by atoms with Crippen LogP contribution in [0.2, 0.25) is 0 Å². The number of piperidine rings is 1. The first kappa shape index (κ1) is 11.6. The van der Waals surface area contributed by atoms with Crippen LogP contribution in [0.25, 0.3) is 0 Å². The molecule has 0 bridgehead atoms. The Morgan fingerprint density at radius 2 is 2.06 bits per heavy atom. The monoisotopic (exact) mass is 223 g/mol. The number of rotatable bonds is 4. The summed E-state index contributed by atoms with van der Waals surface area (Å²) < 4.78 is 5.56. The molecule has 2 heterocycles. The standard InChI is InChI=1S/C12H21N3O/c1-3-10-7-5-6-8-15(10)9-12-14-13-11(4-2)16-12/h10H,3-9H2,1-2H3. The van der Waals surface area contributed by atoms with E-state index >= 15 is 0 Å². The number of aromatic nitrogens is 2. The minimum Gasteiger partial charge on any atom is -0.424 e. The maximum Gasteiger partial charge on any atom is 0.230 e. The third-order valence-corrected chi connectivity index (χ3v) is 3.37. The molecule has 0 aliphatic carbocycles. The second-order valence-electron chi connectivity index (χ2n) is 4.47. The smallest absolute Gasteiger partial charge is 0.230 e. The van der Waals surface area contributed by atoms with Gasteiger partial charge in [-0.3, -0.25) is 4.90 Å². The van der Waals surface area contributed by atoms with Crippen LogP contribution >= 0.6 is 0 Å². The quantitative estimate of drug-likeness (QED) is 0.786. The average Bonchev–Trinajstić information content (AvgIpc) is 2.77. The van der Waals surface area contributed by atoms with Gasteiger partial charge in [0.1, 0.15) is 0 Å². The first-order chi connectivity index (χ1) is 7.83. The molecular formula is C12H21N3O. The zero-order valence-electron chi connectivity index (χ0n) is 10.3. The van der Waals surface area contributed by atoms with E-state index in [0.717, 1.165) is 24.7 Å². The summed E-state index contributed by atoms with van der Waals surface area (Å²) in [7, 11) is 0. The van der Waals surface area contributed by atoms with E-state index in [4.69, 9.17) is 4.42 Å². The normalized spacial score (nSPS) is 22.5. The van der Waals surface area contributed by atoms with Crippen LogP contribution < -0.4 is 0 Å². The van der Waals surface area contributed by atoms with Crippen molar-refractivity contribution in [3.05, 3.63) is 11.8 Å². The fourth-order valence-corrected chi connectivity index (χ4v) is 2.40. The SMILES string of the molecule is CCc1nnc(CN2CCCCC2CC)o1. The topological polar surface area (TPSA) is 42.2 Å². The number of hydrogen-bond donors (Lipinski definition) is 0. The summed E-state index contributed by atoms with van der Waals surface area (Å²) in [6, 6.07) is 0.700. The molecule has 1 unspecified atom stereocenters. The van der Waals surface area contributed by atoms with Gasteiger partial charge in [-0.25, -0.2) is 0 Å². The van der Waals surface area contributed by atoms with Crippen molar-refractivity contribution < 1.29 is 4.42 Å². The summed E-state index contributed by atoms with van der Waals surface area (Å²) in [5, 5.41) is 8.10. The molecule has 90 valence electrons. The van der Waals surface area contributed by atoms with Crippen molar-refractivity contribution in [2.75, 3.05) is 6.54 Å². The Kier molecular flexibility index (Phi) is 3.93. The van der Waals surface area contributed by atoms with Gasteiger partial charge in [0, 0.05) is 12.5 Å². The number of nitrogens with zero attached hydrogens (tertiary/aromatic N) is 3. The highest BCUT2D eigenvalue weighted by Crippen LogP contribution is 2.21. The lowest BCUT2D eigenvalue weighted by molar-refractivity contribution is 0.123. The summed E-state index contributed by atoms with van der Waals surface area (Å²) in [5.41, 5.74) is 0. The molecule has 1 aliphatic rings. The Bertz CT molecular complexity index is 324. The Morgan fingerprint density at radius 1 is 1.25 bits per heavy atom. The van der Waals surface area contributed by atoms with Crippen molar-refractivity contribution in [1.82, 2.24) is 15.1 Å². The van der Waals surface area contributed by atoms with Gasteiger partial charge in [-0.1, -0.05) is 20.3 Å². The van der Waals surface area contributed by atoms with Gasteiger partial charge < -0.3 is 4.42 Å². The molecule has 4 heteroatoms. The third-order valence-electron chi connectivity index (χ3n) is 3.37. The minimum atomic E-state index is 0.700. The molecule has 1 fully saturated rings. The predicted molar refractivity (Wildman–Crippen MR) is 62.0 cm³/mol. The molecule has 1 aromatic heterocycles. The van der Waals surface area contributed by atoms with Crippen molar-refractivity contribution >= 4 is 0 Å². The summed E-state index contributed by atoms with van der Waals surface area (Å²) >= 11 is 0. The lowest BCUT2D eigenvalue weighted by atomic mass is 10.0. The van der Waals surface area contributed by atoms with Crippen molar-refractivity contribution in [2.24, 2.45) is 0 Å². The van der Waals surface area contributed by atoms with Crippen LogP contribution in [0.5, 0.6) is 0 Å². The van der Waals surface area contributed by atoms with E-state index in [1.54, 1.807) is 0 Å². The van der Waals surface area contributed by atoms with Gasteiger partial charge in [0.05, 0.1) is 6.54 Å². The fourth-order valence-electron chi connectivity index (χ4n) is 2.40. The molecule has 0 N–H and O–H groups in total. The molecule has 0 aromatic carbocycles. The van der Waals surface area contributed by atoms with Crippen molar-refractivity contribution in [3.8, 4) is 0 Å². The van der Waals surface area contributed by atoms with Crippen molar-refractivity contribution in [3.63, 3.8) is 0 Å². The zero-order valence-corrected chi connectivity index (χ0v) is 10.3. The van der Waals surface area contributed by atoms with Gasteiger partial charge >= 0.3 is 0 Å². The van der Waals surface area contributed by atoms with Crippen LogP contribution in [0.15, 0.2) is 4.42 Å². The molecule has 0 saturated carbocycles. The van der Waals surface area contributed by atoms with Crippen LogP contribution in [-0.2, 0) is 13.0 Å². The van der Waals surface area contributed by atoms with Crippen molar-refractivity contribution in [1.29, 1.82) is 0 Å². The molecule has 4 nitrogen and oxygen atoms in total. The second-order valence-corrected chi connectivity index (χ2v) is 4.47. The summed E-state index contributed by atoms with van der Waals surface area (Å²) in [4.78, 5) is 2.48. The van der Waals surface area contributed by atoms with Crippen molar-refractivity contribution in [2.45, 2.75) is 58.5 Å². The Hall–Kier alpha value is -0.900. The summed E-state index contributed by atoms with van der Waals surface area (Å²) in [6.07, 6.45) is 6.01. The second kappa shape index (κ2) is 5.43. The Morgan fingerprint density at radius 3 is 2.75 bits per heavy atom. The van der Waals surface area contributed by atoms with Gasteiger partial charge in [0.25, 0.3) is 0 Å². The maximum absolute atomic E-state index is 5.56. The summed E-state index contributed by atoms with van der Waals surface area (Å²) in [6.45, 7) is 6.29. The lowest BCUT2D eigenvalue weighted by Crippen LogP contribution is -2.38. The fraction of sp³-hybridized carbons (Fsp3) is 0.833. The zero-order chi connectivity index (χ0) is 11.4. The van der Waals surface area contributed by atoms with Gasteiger partial charge in [-0.15, -0.1) is 10.2 Å². The molecule has 1 aromatic rings. The first-order valence-electron chi connectivity index (χ1n) is 6.38. The minimum absolute atomic E-state index is 0.700. The number of hydrogen-bond acceptors (Lipinski definition) is 4. The molecule has 16 heavy (non-hydrogen) atoms. The van der Waals surface area contributed by atoms with E-state index in [2.05, 4.69) is 22.0 Å². The van der Waals surface area contributed by atoms with Gasteiger partial charge in [-0.2, -0.15) is 0 Å². The molecule has 0 radical (unpaired) electrons. The predicted octanol–water partition coefficient (Wildman–Crippen LogP) is 2.40. The lowest BCUT2D eigenvalue weighted by Gasteiger charge is -2.33. The van der Waals surface area contributed by atoms with Crippen LogP contribution in [0.1, 0.15) is 51.3 Å². The maximum atomic E-state index is 5.56. The van der Waals surface area contributed by atoms with Crippen LogP contribution in [0.3, 0.4) is 0 Å². The van der Waals surface area contributed by atoms with E-state index in [-0.39, 0.29) is 0 Å². The van der Waals surface area contributed by atoms with Gasteiger partial charge in [-0.05, 0) is 25.8 Å². The van der Waals surface area contributed by atoms with Gasteiger partial charge in [0.2, 0.25) is 11.8 Å². The number of likely N-dealkylation sites (tertiary alicyclic amines) is 1. The molecule has 2 rings (SSSR count). The molecule has 1 saturated heterocycles. The molecular weight excluding hydrogens is 202 g/mol. The Labute approximate surface area is 97.0 Å². The third kappa shape index (κ3) is 2.61. The molecule has 0 spiro atoms. The van der Waals surface area contributed by atoms with E-state index < -0.39 is 0 Å². The van der Waals surface area contributed by atoms with E-state index in [1.807, 2.05) is 6.92 Å². The van der Waals surface area contributed by atoms with Gasteiger partial charge in [0.15, 0.2) is 0 Å². The molecule has 1 atom stereocenters. The van der Waals surface area contributed by atoms with Crippen LogP contribution in [-0.4, -0.2) is 27.7 Å². The first-order valence-corrected chi connectivity index (χ1v) is 6.38. The van der Waals surface area contributed by atoms with E-state index in [1.165, 1.54) is 32.2 Å². The highest BCUT2D eigenvalue weighted by Gasteiger charge is 2.22. The average molecular weight is 223 g/mol. The van der Waals surface area contributed by atoms with Crippen LogP contribution in [0.4, 0.5) is 0 Å². The summed E-state index contributed by atoms with van der Waals surface area (Å²) in [5.74, 6) is 1.53. The molecule has 0 amide bonds. The largest absolute Gasteiger partial charge is 0.424 e. The van der Waals surface area contributed by atoms with Crippen LogP contribution in [0, 0.1) is 0 Å².